The van der Waals surface area contributed by atoms with E-state index in [1.165, 1.54) is 0 Å². The number of hydrogen-bond donors (Lipinski definition) is 3. The Balaban J connectivity index is 1.57. The highest BCUT2D eigenvalue weighted by molar-refractivity contribution is 5.98. The number of anilines is 3. The molecule has 1 aliphatic heterocycles. The maximum atomic E-state index is 12.8. The summed E-state index contributed by atoms with van der Waals surface area (Å²) >= 11 is 0. The number of benzene rings is 2. The Morgan fingerprint density at radius 3 is 2.25 bits per heavy atom. The molecule has 7 heteroatoms. The van der Waals surface area contributed by atoms with Crippen molar-refractivity contribution < 1.29 is 14.4 Å². The van der Waals surface area contributed by atoms with Crippen LogP contribution in [0.5, 0.6) is 0 Å². The molecule has 7 nitrogen and oxygen atoms in total. The van der Waals surface area contributed by atoms with Crippen LogP contribution in [0.25, 0.3) is 0 Å². The highest BCUT2D eigenvalue weighted by Crippen LogP contribution is 2.24. The zero-order valence-corrected chi connectivity index (χ0v) is 19.0. The van der Waals surface area contributed by atoms with Gasteiger partial charge in [0.1, 0.15) is 0 Å². The molecule has 170 valence electrons. The molecular weight excluding hydrogens is 404 g/mol. The number of amides is 3. The summed E-state index contributed by atoms with van der Waals surface area (Å²) in [5, 5.41) is 8.81. The lowest BCUT2D eigenvalue weighted by molar-refractivity contribution is -0.116. The average molecular weight is 437 g/mol. The molecule has 1 aliphatic rings. The van der Waals surface area contributed by atoms with Gasteiger partial charge in [0.2, 0.25) is 11.8 Å². The normalized spacial score (nSPS) is 14.0. The molecule has 0 bridgehead atoms. The first-order valence-corrected chi connectivity index (χ1v) is 11.2. The minimum Gasteiger partial charge on any atom is -0.376 e. The molecule has 0 unspecified atom stereocenters. The summed E-state index contributed by atoms with van der Waals surface area (Å²) in [4.78, 5) is 38.9. The maximum absolute atomic E-state index is 12.8. The average Bonchev–Trinajstić information content (AvgIpc) is 2.80. The van der Waals surface area contributed by atoms with Crippen molar-refractivity contribution >= 4 is 34.8 Å². The van der Waals surface area contributed by atoms with Crippen LogP contribution in [-0.2, 0) is 9.59 Å². The second kappa shape index (κ2) is 10.8. The van der Waals surface area contributed by atoms with Crippen LogP contribution in [-0.4, -0.2) is 42.3 Å². The van der Waals surface area contributed by atoms with E-state index in [2.05, 4.69) is 22.9 Å². The minimum absolute atomic E-state index is 0.0339. The van der Waals surface area contributed by atoms with Crippen LogP contribution in [0.2, 0.25) is 0 Å². The van der Waals surface area contributed by atoms with E-state index >= 15 is 0 Å². The van der Waals surface area contributed by atoms with Crippen molar-refractivity contribution in [2.45, 2.75) is 40.0 Å². The van der Waals surface area contributed by atoms with Crippen molar-refractivity contribution in [1.29, 1.82) is 0 Å². The first-order chi connectivity index (χ1) is 15.4. The molecule has 1 fully saturated rings. The monoisotopic (exact) mass is 436 g/mol. The third kappa shape index (κ3) is 6.09. The molecule has 0 saturated carbocycles. The number of likely N-dealkylation sites (tertiary alicyclic amines) is 1. The predicted molar refractivity (Wildman–Crippen MR) is 128 cm³/mol. The van der Waals surface area contributed by atoms with Gasteiger partial charge in [-0.3, -0.25) is 14.4 Å². The second-order valence-electron chi connectivity index (χ2n) is 8.34. The molecule has 3 rings (SSSR count). The van der Waals surface area contributed by atoms with Gasteiger partial charge in [0.15, 0.2) is 0 Å². The van der Waals surface area contributed by atoms with Gasteiger partial charge in [-0.25, -0.2) is 0 Å². The Labute approximate surface area is 189 Å². The first-order valence-electron chi connectivity index (χ1n) is 11.2. The zero-order chi connectivity index (χ0) is 23.1. The van der Waals surface area contributed by atoms with E-state index in [0.717, 1.165) is 37.2 Å². The van der Waals surface area contributed by atoms with E-state index in [9.17, 15) is 14.4 Å². The summed E-state index contributed by atoms with van der Waals surface area (Å²) in [6.07, 6.45) is 2.46. The van der Waals surface area contributed by atoms with E-state index < -0.39 is 0 Å². The van der Waals surface area contributed by atoms with Crippen LogP contribution in [0.4, 0.5) is 17.1 Å². The van der Waals surface area contributed by atoms with Gasteiger partial charge in [-0.15, -0.1) is 0 Å². The Morgan fingerprint density at radius 2 is 1.59 bits per heavy atom. The Bertz CT molecular complexity index is 981. The summed E-state index contributed by atoms with van der Waals surface area (Å²) in [5.41, 5.74) is 3.47. The van der Waals surface area contributed by atoms with Crippen molar-refractivity contribution in [3.63, 3.8) is 0 Å². The van der Waals surface area contributed by atoms with Crippen LogP contribution in [0.15, 0.2) is 42.5 Å². The van der Waals surface area contributed by atoms with Gasteiger partial charge < -0.3 is 20.9 Å². The summed E-state index contributed by atoms with van der Waals surface area (Å²) < 4.78 is 0. The van der Waals surface area contributed by atoms with Crippen molar-refractivity contribution in [2.24, 2.45) is 5.92 Å². The maximum Gasteiger partial charge on any atom is 0.253 e. The fraction of sp³-hybridized carbons (Fsp3) is 0.400. The van der Waals surface area contributed by atoms with E-state index in [4.69, 9.17) is 0 Å². The van der Waals surface area contributed by atoms with Crippen molar-refractivity contribution in [1.82, 2.24) is 4.90 Å². The van der Waals surface area contributed by atoms with Gasteiger partial charge in [-0.05, 0) is 61.6 Å². The molecule has 0 spiro atoms. The number of hydrogen-bond acceptors (Lipinski definition) is 4. The van der Waals surface area contributed by atoms with E-state index in [1.807, 2.05) is 36.1 Å². The van der Waals surface area contributed by atoms with Crippen LogP contribution in [0.1, 0.15) is 49.0 Å². The van der Waals surface area contributed by atoms with Crippen molar-refractivity contribution in [3.8, 4) is 0 Å². The molecule has 0 aromatic heterocycles. The standard InChI is InChI=1S/C25H32N4O3/c1-4-23(30)27-21-9-6-10-22(18(21)3)28-24(31)16-26-20-8-5-7-19(15-20)25(32)29-13-11-17(2)12-14-29/h5-10,15,17,26H,4,11-14,16H2,1-3H3,(H,27,30)(H,28,31). The van der Waals surface area contributed by atoms with Gasteiger partial charge in [-0.1, -0.05) is 26.0 Å². The lowest BCUT2D eigenvalue weighted by Crippen LogP contribution is -2.37. The number of carbonyl (C=O) groups is 3. The quantitative estimate of drug-likeness (QED) is 0.605. The fourth-order valence-electron chi connectivity index (χ4n) is 3.68. The molecule has 3 amide bonds. The molecule has 2 aromatic rings. The summed E-state index contributed by atoms with van der Waals surface area (Å²) in [7, 11) is 0. The van der Waals surface area contributed by atoms with Gasteiger partial charge in [0.05, 0.1) is 6.54 Å². The van der Waals surface area contributed by atoms with Gasteiger partial charge in [-0.2, -0.15) is 0 Å². The number of rotatable bonds is 7. The predicted octanol–water partition coefficient (Wildman–Crippen LogP) is 4.27. The smallest absolute Gasteiger partial charge is 0.253 e. The van der Waals surface area contributed by atoms with Crippen LogP contribution in [0, 0.1) is 12.8 Å². The third-order valence-electron chi connectivity index (χ3n) is 5.84. The minimum atomic E-state index is -0.214. The molecule has 0 atom stereocenters. The number of carbonyl (C=O) groups excluding carboxylic acids is 3. The van der Waals surface area contributed by atoms with Gasteiger partial charge in [0.25, 0.3) is 5.91 Å². The lowest BCUT2D eigenvalue weighted by Gasteiger charge is -2.30. The van der Waals surface area contributed by atoms with Crippen LogP contribution < -0.4 is 16.0 Å². The Hall–Kier alpha value is -3.35. The lowest BCUT2D eigenvalue weighted by atomic mass is 9.98. The van der Waals surface area contributed by atoms with E-state index in [0.29, 0.717) is 29.3 Å². The third-order valence-corrected chi connectivity index (χ3v) is 5.84. The summed E-state index contributed by atoms with van der Waals surface area (Å²) in [6.45, 7) is 7.50. The Morgan fingerprint density at radius 1 is 0.969 bits per heavy atom. The summed E-state index contributed by atoms with van der Waals surface area (Å²) in [6, 6.07) is 12.7. The molecule has 0 aliphatic carbocycles. The number of nitrogens with one attached hydrogen (secondary N) is 3. The topological polar surface area (TPSA) is 90.5 Å². The molecule has 1 saturated heterocycles. The van der Waals surface area contributed by atoms with Crippen molar-refractivity contribution in [2.75, 3.05) is 35.6 Å². The molecule has 0 radical (unpaired) electrons. The molecule has 1 heterocycles. The largest absolute Gasteiger partial charge is 0.376 e. The van der Waals surface area contributed by atoms with Crippen LogP contribution >= 0.6 is 0 Å². The van der Waals surface area contributed by atoms with Gasteiger partial charge >= 0.3 is 0 Å². The summed E-state index contributed by atoms with van der Waals surface area (Å²) in [5.74, 6) is 0.407. The second-order valence-corrected chi connectivity index (χ2v) is 8.34. The number of piperidine rings is 1. The Kier molecular flexibility index (Phi) is 7.87. The van der Waals surface area contributed by atoms with E-state index in [-0.39, 0.29) is 24.3 Å². The highest BCUT2D eigenvalue weighted by atomic mass is 16.2. The molecule has 32 heavy (non-hydrogen) atoms. The SMILES string of the molecule is CCC(=O)Nc1cccc(NC(=O)CNc2cccc(C(=O)N3CCC(C)CC3)c2)c1C. The number of nitrogens with zero attached hydrogens (tertiary/aromatic N) is 1. The molecular formula is C25H32N4O3. The highest BCUT2D eigenvalue weighted by Gasteiger charge is 2.21. The fourth-order valence-corrected chi connectivity index (χ4v) is 3.68. The first kappa shape index (κ1) is 23.3. The zero-order valence-electron chi connectivity index (χ0n) is 19.0. The molecule has 3 N–H and O–H groups in total. The van der Waals surface area contributed by atoms with Crippen LogP contribution in [0.3, 0.4) is 0 Å². The van der Waals surface area contributed by atoms with Gasteiger partial charge in [0, 0.05) is 42.1 Å². The molecule has 2 aromatic carbocycles. The van der Waals surface area contributed by atoms with Crippen molar-refractivity contribution in [3.05, 3.63) is 53.6 Å². The van der Waals surface area contributed by atoms with E-state index in [1.54, 1.807) is 25.1 Å².